The molecule has 0 radical (unpaired) electrons. The number of carbonyl (C=O) groups is 1. The summed E-state index contributed by atoms with van der Waals surface area (Å²) >= 11 is 5.70. The molecule has 5 nitrogen and oxygen atoms in total. The SMILES string of the molecule is N/C(=N/OC(=O)c1ccccc1)c1ncc(C(F)(F)F)cc1Cl. The van der Waals surface area contributed by atoms with Crippen LogP contribution < -0.4 is 5.73 Å². The molecule has 2 N–H and O–H groups in total. The van der Waals surface area contributed by atoms with Crippen molar-refractivity contribution in [3.8, 4) is 0 Å². The molecule has 0 aliphatic rings. The number of nitrogens with zero attached hydrogens (tertiary/aromatic N) is 2. The van der Waals surface area contributed by atoms with Gasteiger partial charge in [0.15, 0.2) is 5.84 Å². The number of pyridine rings is 1. The van der Waals surface area contributed by atoms with Crippen LogP contribution in [0.25, 0.3) is 0 Å². The van der Waals surface area contributed by atoms with Crippen LogP contribution in [-0.2, 0) is 11.0 Å². The highest BCUT2D eigenvalue weighted by molar-refractivity contribution is 6.33. The Bertz CT molecular complexity index is 749. The molecule has 23 heavy (non-hydrogen) atoms. The number of benzene rings is 1. The van der Waals surface area contributed by atoms with Crippen LogP contribution in [0, 0.1) is 0 Å². The molecular formula is C14H9ClF3N3O2. The summed E-state index contributed by atoms with van der Waals surface area (Å²) in [7, 11) is 0. The second kappa shape index (κ2) is 6.66. The van der Waals surface area contributed by atoms with Crippen molar-refractivity contribution in [1.82, 2.24) is 4.98 Å². The molecule has 1 heterocycles. The van der Waals surface area contributed by atoms with E-state index in [4.69, 9.17) is 17.3 Å². The molecule has 0 aliphatic heterocycles. The fourth-order valence-corrected chi connectivity index (χ4v) is 1.81. The summed E-state index contributed by atoms with van der Waals surface area (Å²) in [6.45, 7) is 0. The van der Waals surface area contributed by atoms with Crippen LogP contribution in [0.4, 0.5) is 13.2 Å². The summed E-state index contributed by atoms with van der Waals surface area (Å²) in [6.07, 6.45) is -4.02. The molecule has 0 aliphatic carbocycles. The molecule has 120 valence electrons. The summed E-state index contributed by atoms with van der Waals surface area (Å²) < 4.78 is 37.5. The fourth-order valence-electron chi connectivity index (χ4n) is 1.54. The Morgan fingerprint density at radius 1 is 1.26 bits per heavy atom. The quantitative estimate of drug-likeness (QED) is 0.402. The number of rotatable bonds is 3. The first kappa shape index (κ1) is 16.8. The Morgan fingerprint density at radius 2 is 1.91 bits per heavy atom. The normalized spacial score (nSPS) is 12.1. The maximum absolute atomic E-state index is 12.5. The summed E-state index contributed by atoms with van der Waals surface area (Å²) in [5.41, 5.74) is 4.51. The lowest BCUT2D eigenvalue weighted by Gasteiger charge is -2.08. The zero-order valence-corrected chi connectivity index (χ0v) is 12.1. The zero-order valence-electron chi connectivity index (χ0n) is 11.3. The van der Waals surface area contributed by atoms with Crippen LogP contribution in [0.1, 0.15) is 21.6 Å². The van der Waals surface area contributed by atoms with Gasteiger partial charge in [0.1, 0.15) is 5.69 Å². The molecule has 1 aromatic carbocycles. The van der Waals surface area contributed by atoms with Crippen molar-refractivity contribution in [1.29, 1.82) is 0 Å². The standard InChI is InChI=1S/C14H9ClF3N3O2/c15-10-6-9(14(16,17)18)7-20-11(10)12(19)21-23-13(22)8-4-2-1-3-5-8/h1-7H,(H2,19,21). The molecule has 0 bridgehead atoms. The number of carbonyl (C=O) groups excluding carboxylic acids is 1. The molecule has 2 aromatic rings. The van der Waals surface area contributed by atoms with E-state index >= 15 is 0 Å². The largest absolute Gasteiger partial charge is 0.417 e. The van der Waals surface area contributed by atoms with E-state index in [-0.39, 0.29) is 16.3 Å². The lowest BCUT2D eigenvalue weighted by Crippen LogP contribution is -2.18. The van der Waals surface area contributed by atoms with Crippen LogP contribution >= 0.6 is 11.6 Å². The van der Waals surface area contributed by atoms with Crippen LogP contribution in [0.3, 0.4) is 0 Å². The predicted molar refractivity (Wildman–Crippen MR) is 76.8 cm³/mol. The number of aromatic nitrogens is 1. The Hall–Kier alpha value is -2.61. The third-order valence-corrected chi connectivity index (χ3v) is 2.94. The van der Waals surface area contributed by atoms with Gasteiger partial charge >= 0.3 is 12.1 Å². The Labute approximate surface area is 133 Å². The van der Waals surface area contributed by atoms with Crippen LogP contribution in [0.5, 0.6) is 0 Å². The van der Waals surface area contributed by atoms with Crippen molar-refractivity contribution in [3.05, 3.63) is 64.4 Å². The average molecular weight is 344 g/mol. The number of hydrogen-bond acceptors (Lipinski definition) is 4. The van der Waals surface area contributed by atoms with Gasteiger partial charge in [-0.3, -0.25) is 4.98 Å². The minimum Gasteiger partial charge on any atom is -0.379 e. The van der Waals surface area contributed by atoms with Crippen molar-refractivity contribution in [2.24, 2.45) is 10.9 Å². The van der Waals surface area contributed by atoms with Crippen molar-refractivity contribution in [3.63, 3.8) is 0 Å². The highest BCUT2D eigenvalue weighted by atomic mass is 35.5. The number of nitrogens with two attached hydrogens (primary N) is 1. The molecule has 0 amide bonds. The van der Waals surface area contributed by atoms with Crippen LogP contribution in [0.2, 0.25) is 5.02 Å². The van der Waals surface area contributed by atoms with Gasteiger partial charge in [-0.2, -0.15) is 13.2 Å². The number of alkyl halides is 3. The Balaban J connectivity index is 2.17. The summed E-state index contributed by atoms with van der Waals surface area (Å²) in [4.78, 5) is 19.8. The van der Waals surface area contributed by atoms with Gasteiger partial charge in [-0.15, -0.1) is 0 Å². The van der Waals surface area contributed by atoms with Gasteiger partial charge < -0.3 is 10.6 Å². The first-order valence-electron chi connectivity index (χ1n) is 6.12. The van der Waals surface area contributed by atoms with Gasteiger partial charge in [-0.05, 0) is 18.2 Å². The average Bonchev–Trinajstić information content (AvgIpc) is 2.52. The van der Waals surface area contributed by atoms with E-state index in [1.165, 1.54) is 12.1 Å². The number of halogens is 4. The van der Waals surface area contributed by atoms with E-state index in [9.17, 15) is 18.0 Å². The molecule has 0 unspecified atom stereocenters. The van der Waals surface area contributed by atoms with Crippen molar-refractivity contribution in [2.75, 3.05) is 0 Å². The number of hydrogen-bond donors (Lipinski definition) is 1. The van der Waals surface area contributed by atoms with Crippen LogP contribution in [-0.4, -0.2) is 16.8 Å². The monoisotopic (exact) mass is 343 g/mol. The van der Waals surface area contributed by atoms with E-state index in [0.717, 1.165) is 0 Å². The van der Waals surface area contributed by atoms with Gasteiger partial charge in [-0.25, -0.2) is 4.79 Å². The summed E-state index contributed by atoms with van der Waals surface area (Å²) in [5.74, 6) is -1.20. The second-order valence-corrected chi connectivity index (χ2v) is 4.68. The van der Waals surface area contributed by atoms with E-state index in [0.29, 0.717) is 12.3 Å². The summed E-state index contributed by atoms with van der Waals surface area (Å²) in [5, 5.41) is 2.98. The van der Waals surface area contributed by atoms with E-state index < -0.39 is 23.5 Å². The maximum Gasteiger partial charge on any atom is 0.417 e. The number of oxime groups is 1. The van der Waals surface area contributed by atoms with Crippen molar-refractivity contribution < 1.29 is 22.8 Å². The molecule has 0 fully saturated rings. The first-order valence-corrected chi connectivity index (χ1v) is 6.50. The third kappa shape index (κ3) is 4.19. The van der Waals surface area contributed by atoms with E-state index in [2.05, 4.69) is 15.0 Å². The second-order valence-electron chi connectivity index (χ2n) is 4.27. The highest BCUT2D eigenvalue weighted by Crippen LogP contribution is 2.30. The molecule has 1 aromatic heterocycles. The van der Waals surface area contributed by atoms with E-state index in [1.807, 2.05) is 0 Å². The van der Waals surface area contributed by atoms with Crippen molar-refractivity contribution >= 4 is 23.4 Å². The zero-order chi connectivity index (χ0) is 17.0. The highest BCUT2D eigenvalue weighted by Gasteiger charge is 2.31. The number of amidine groups is 1. The van der Waals surface area contributed by atoms with Gasteiger partial charge in [-0.1, -0.05) is 35.0 Å². The topological polar surface area (TPSA) is 77.6 Å². The first-order chi connectivity index (χ1) is 10.8. The van der Waals surface area contributed by atoms with Gasteiger partial charge in [0.2, 0.25) is 0 Å². The molecule has 2 rings (SSSR count). The van der Waals surface area contributed by atoms with Crippen LogP contribution in [0.15, 0.2) is 47.8 Å². The molecular weight excluding hydrogens is 335 g/mol. The fraction of sp³-hybridized carbons (Fsp3) is 0.0714. The van der Waals surface area contributed by atoms with Gasteiger partial charge in [0.05, 0.1) is 16.1 Å². The van der Waals surface area contributed by atoms with Crippen molar-refractivity contribution in [2.45, 2.75) is 6.18 Å². The third-order valence-electron chi connectivity index (χ3n) is 2.65. The summed E-state index contributed by atoms with van der Waals surface area (Å²) in [6, 6.07) is 8.61. The Morgan fingerprint density at radius 3 is 2.48 bits per heavy atom. The molecule has 0 saturated carbocycles. The Kier molecular flexibility index (Phi) is 4.85. The maximum atomic E-state index is 12.5. The molecule has 0 atom stereocenters. The minimum absolute atomic E-state index is 0.222. The smallest absolute Gasteiger partial charge is 0.379 e. The van der Waals surface area contributed by atoms with Gasteiger partial charge in [0.25, 0.3) is 0 Å². The lowest BCUT2D eigenvalue weighted by molar-refractivity contribution is -0.137. The lowest BCUT2D eigenvalue weighted by atomic mass is 10.2. The van der Waals surface area contributed by atoms with E-state index in [1.54, 1.807) is 18.2 Å². The predicted octanol–water partition coefficient (Wildman–Crippen LogP) is 3.23. The molecule has 0 spiro atoms. The van der Waals surface area contributed by atoms with Gasteiger partial charge in [0, 0.05) is 6.20 Å². The minimum atomic E-state index is -4.58. The molecule has 9 heteroatoms. The molecule has 0 saturated heterocycles.